The van der Waals surface area contributed by atoms with Crippen molar-refractivity contribution in [3.05, 3.63) is 88.9 Å². The smallest absolute Gasteiger partial charge is 0.337 e. The zero-order chi connectivity index (χ0) is 23.4. The summed E-state index contributed by atoms with van der Waals surface area (Å²) in [6.45, 7) is 0.456. The standard InChI is InChI=1S/C26H23ClN2O4/c1-31-21-8-4-6-19(14-21)24-23(27)25(20-7-5-9-22(15-20)32-2)29(28-24)16-17-10-12-18(13-11-17)26(30)33-3/h4-15H,16H2,1-3H3. The molecule has 0 N–H and O–H groups in total. The Morgan fingerprint density at radius 2 is 1.48 bits per heavy atom. The van der Waals surface area contributed by atoms with Crippen molar-refractivity contribution >= 4 is 17.6 Å². The Balaban J connectivity index is 1.81. The number of halogens is 1. The minimum Gasteiger partial charge on any atom is -0.497 e. The van der Waals surface area contributed by atoms with E-state index in [1.165, 1.54) is 7.11 Å². The van der Waals surface area contributed by atoms with Crippen LogP contribution in [0, 0.1) is 0 Å². The summed E-state index contributed by atoms with van der Waals surface area (Å²) in [7, 11) is 4.62. The monoisotopic (exact) mass is 462 g/mol. The lowest BCUT2D eigenvalue weighted by molar-refractivity contribution is 0.0600. The summed E-state index contributed by atoms with van der Waals surface area (Å²) < 4.78 is 17.4. The van der Waals surface area contributed by atoms with Crippen LogP contribution in [0.3, 0.4) is 0 Å². The second kappa shape index (κ2) is 9.79. The first-order chi connectivity index (χ1) is 16.0. The highest BCUT2D eigenvalue weighted by Gasteiger charge is 2.20. The molecule has 0 radical (unpaired) electrons. The number of nitrogens with zero attached hydrogens (tertiary/aromatic N) is 2. The number of aromatic nitrogens is 2. The highest BCUT2D eigenvalue weighted by Crippen LogP contribution is 2.38. The highest BCUT2D eigenvalue weighted by molar-refractivity contribution is 6.35. The Morgan fingerprint density at radius 3 is 2.09 bits per heavy atom. The van der Waals surface area contributed by atoms with Gasteiger partial charge in [0.15, 0.2) is 0 Å². The van der Waals surface area contributed by atoms with E-state index >= 15 is 0 Å². The van der Waals surface area contributed by atoms with Gasteiger partial charge in [-0.25, -0.2) is 4.79 Å². The van der Waals surface area contributed by atoms with Gasteiger partial charge in [0.1, 0.15) is 17.2 Å². The van der Waals surface area contributed by atoms with Gasteiger partial charge < -0.3 is 14.2 Å². The fourth-order valence-corrected chi connectivity index (χ4v) is 3.95. The molecule has 0 aliphatic heterocycles. The summed E-state index contributed by atoms with van der Waals surface area (Å²) in [5, 5.41) is 5.38. The quantitative estimate of drug-likeness (QED) is 0.328. The maximum Gasteiger partial charge on any atom is 0.337 e. The maximum absolute atomic E-state index is 11.8. The summed E-state index contributed by atoms with van der Waals surface area (Å²) >= 11 is 6.92. The third-order valence-electron chi connectivity index (χ3n) is 5.29. The van der Waals surface area contributed by atoms with E-state index in [1.807, 2.05) is 65.3 Å². The first-order valence-corrected chi connectivity index (χ1v) is 10.6. The third kappa shape index (κ3) is 4.71. The molecule has 0 saturated carbocycles. The number of carbonyl (C=O) groups is 1. The van der Waals surface area contributed by atoms with Crippen LogP contribution in [-0.2, 0) is 11.3 Å². The molecule has 0 spiro atoms. The molecule has 4 rings (SSSR count). The summed E-state index contributed by atoms with van der Waals surface area (Å²) in [4.78, 5) is 11.8. The molecule has 168 valence electrons. The lowest BCUT2D eigenvalue weighted by Crippen LogP contribution is -2.05. The molecule has 3 aromatic carbocycles. The normalized spacial score (nSPS) is 10.7. The van der Waals surface area contributed by atoms with E-state index in [-0.39, 0.29) is 5.97 Å². The molecule has 0 saturated heterocycles. The number of ether oxygens (including phenoxy) is 3. The van der Waals surface area contributed by atoms with Gasteiger partial charge in [0.2, 0.25) is 0 Å². The van der Waals surface area contributed by atoms with Crippen LogP contribution >= 0.6 is 11.6 Å². The van der Waals surface area contributed by atoms with Crippen molar-refractivity contribution < 1.29 is 19.0 Å². The van der Waals surface area contributed by atoms with Crippen LogP contribution in [-0.4, -0.2) is 37.1 Å². The van der Waals surface area contributed by atoms with E-state index in [0.29, 0.717) is 22.8 Å². The molecule has 33 heavy (non-hydrogen) atoms. The van der Waals surface area contributed by atoms with Gasteiger partial charge in [0, 0.05) is 11.1 Å². The predicted molar refractivity (Wildman–Crippen MR) is 128 cm³/mol. The molecule has 1 heterocycles. The van der Waals surface area contributed by atoms with Gasteiger partial charge in [0.05, 0.1) is 44.2 Å². The summed E-state index contributed by atoms with van der Waals surface area (Å²) in [6.07, 6.45) is 0. The third-order valence-corrected chi connectivity index (χ3v) is 5.65. The van der Waals surface area contributed by atoms with Gasteiger partial charge in [-0.15, -0.1) is 0 Å². The van der Waals surface area contributed by atoms with Crippen molar-refractivity contribution in [2.45, 2.75) is 6.54 Å². The SMILES string of the molecule is COC(=O)c1ccc(Cn2nc(-c3cccc(OC)c3)c(Cl)c2-c2cccc(OC)c2)cc1. The van der Waals surface area contributed by atoms with Crippen molar-refractivity contribution in [3.63, 3.8) is 0 Å². The van der Waals surface area contributed by atoms with E-state index in [0.717, 1.165) is 33.9 Å². The van der Waals surface area contributed by atoms with Crippen LogP contribution in [0.1, 0.15) is 15.9 Å². The van der Waals surface area contributed by atoms with Crippen molar-refractivity contribution in [3.8, 4) is 34.0 Å². The number of benzene rings is 3. The second-order valence-electron chi connectivity index (χ2n) is 7.32. The number of hydrogen-bond acceptors (Lipinski definition) is 5. The van der Waals surface area contributed by atoms with E-state index in [2.05, 4.69) is 0 Å². The van der Waals surface area contributed by atoms with E-state index in [1.54, 1.807) is 26.4 Å². The van der Waals surface area contributed by atoms with Crippen molar-refractivity contribution in [1.29, 1.82) is 0 Å². The number of esters is 1. The largest absolute Gasteiger partial charge is 0.497 e. The molecule has 1 aromatic heterocycles. The molecular formula is C26H23ClN2O4. The summed E-state index contributed by atoms with van der Waals surface area (Å²) in [5.74, 6) is 1.07. The zero-order valence-electron chi connectivity index (χ0n) is 18.5. The summed E-state index contributed by atoms with van der Waals surface area (Å²) in [6, 6.07) is 22.5. The molecule has 0 aliphatic rings. The van der Waals surface area contributed by atoms with Gasteiger partial charge in [-0.05, 0) is 42.0 Å². The molecule has 0 amide bonds. The van der Waals surface area contributed by atoms with Crippen LogP contribution in [0.15, 0.2) is 72.8 Å². The Kier molecular flexibility index (Phi) is 6.66. The van der Waals surface area contributed by atoms with E-state index in [9.17, 15) is 4.79 Å². The van der Waals surface area contributed by atoms with E-state index < -0.39 is 0 Å². The van der Waals surface area contributed by atoms with Gasteiger partial charge in [-0.3, -0.25) is 4.68 Å². The van der Waals surface area contributed by atoms with Crippen LogP contribution < -0.4 is 9.47 Å². The topological polar surface area (TPSA) is 62.6 Å². The first-order valence-electron chi connectivity index (χ1n) is 10.3. The Morgan fingerprint density at radius 1 is 0.879 bits per heavy atom. The van der Waals surface area contributed by atoms with Gasteiger partial charge in [-0.1, -0.05) is 48.0 Å². The minimum absolute atomic E-state index is 0.374. The Bertz CT molecular complexity index is 1280. The predicted octanol–water partition coefficient (Wildman–Crippen LogP) is 5.72. The number of rotatable bonds is 7. The number of hydrogen-bond donors (Lipinski definition) is 0. The maximum atomic E-state index is 11.8. The molecule has 0 fully saturated rings. The molecule has 7 heteroatoms. The molecule has 4 aromatic rings. The average Bonchev–Trinajstić information content (AvgIpc) is 3.19. The van der Waals surface area contributed by atoms with Crippen LogP contribution in [0.4, 0.5) is 0 Å². The van der Waals surface area contributed by atoms with Gasteiger partial charge >= 0.3 is 5.97 Å². The van der Waals surface area contributed by atoms with Crippen LogP contribution in [0.5, 0.6) is 11.5 Å². The van der Waals surface area contributed by atoms with Crippen LogP contribution in [0.25, 0.3) is 22.5 Å². The average molecular weight is 463 g/mol. The summed E-state index contributed by atoms with van der Waals surface area (Å²) in [5.41, 5.74) is 4.61. The van der Waals surface area contributed by atoms with Crippen molar-refractivity contribution in [2.75, 3.05) is 21.3 Å². The lowest BCUT2D eigenvalue weighted by atomic mass is 10.1. The van der Waals surface area contributed by atoms with Crippen molar-refractivity contribution in [2.24, 2.45) is 0 Å². The second-order valence-corrected chi connectivity index (χ2v) is 7.70. The highest BCUT2D eigenvalue weighted by atomic mass is 35.5. The molecular weight excluding hydrogens is 440 g/mol. The molecule has 6 nitrogen and oxygen atoms in total. The zero-order valence-corrected chi connectivity index (χ0v) is 19.3. The Labute approximate surface area is 197 Å². The lowest BCUT2D eigenvalue weighted by Gasteiger charge is -2.10. The number of carbonyl (C=O) groups excluding carboxylic acids is 1. The molecule has 0 atom stereocenters. The van der Waals surface area contributed by atoms with Crippen molar-refractivity contribution in [1.82, 2.24) is 9.78 Å². The molecule has 0 bridgehead atoms. The van der Waals surface area contributed by atoms with Gasteiger partial charge in [0.25, 0.3) is 0 Å². The van der Waals surface area contributed by atoms with E-state index in [4.69, 9.17) is 30.9 Å². The molecule has 0 aliphatic carbocycles. The minimum atomic E-state index is -0.374. The fraction of sp³-hybridized carbons (Fsp3) is 0.154. The number of methoxy groups -OCH3 is 3. The van der Waals surface area contributed by atoms with Gasteiger partial charge in [-0.2, -0.15) is 5.10 Å². The Hall–Kier alpha value is -3.77. The van der Waals surface area contributed by atoms with Crippen LogP contribution in [0.2, 0.25) is 5.02 Å². The molecule has 0 unspecified atom stereocenters. The fourth-order valence-electron chi connectivity index (χ4n) is 3.59. The first kappa shape index (κ1) is 22.4.